The second kappa shape index (κ2) is 6.36. The van der Waals surface area contributed by atoms with Gasteiger partial charge < -0.3 is 0 Å². The molecule has 1 aliphatic heterocycles. The highest BCUT2D eigenvalue weighted by Gasteiger charge is 2.31. The maximum absolute atomic E-state index is 12.6. The minimum atomic E-state index is -3.36. The molecule has 1 fully saturated rings. The van der Waals surface area contributed by atoms with Crippen LogP contribution in [0.5, 0.6) is 0 Å². The Hall–Kier alpha value is -0.430. The molecular weight excluding hydrogens is 352 g/mol. The van der Waals surface area contributed by atoms with Gasteiger partial charge in [0.15, 0.2) is 0 Å². The Kier molecular flexibility index (Phi) is 5.13. The Morgan fingerprint density at radius 3 is 2.00 bits per heavy atom. The highest BCUT2D eigenvalue weighted by atomic mass is 79.9. The summed E-state index contributed by atoms with van der Waals surface area (Å²) in [6.07, 6.45) is 0. The van der Waals surface area contributed by atoms with E-state index < -0.39 is 10.0 Å². The number of hydrogen-bond acceptors (Lipinski definition) is 3. The molecule has 0 atom stereocenters. The maximum atomic E-state index is 12.6. The first-order valence-electron chi connectivity index (χ1n) is 7.15. The van der Waals surface area contributed by atoms with Crippen molar-refractivity contribution in [2.24, 2.45) is 0 Å². The lowest BCUT2D eigenvalue weighted by Gasteiger charge is -2.41. The van der Waals surface area contributed by atoms with E-state index in [0.717, 1.165) is 24.0 Å². The largest absolute Gasteiger partial charge is 0.296 e. The molecule has 0 amide bonds. The first-order valence-corrected chi connectivity index (χ1v) is 9.71. The van der Waals surface area contributed by atoms with E-state index >= 15 is 0 Å². The summed E-state index contributed by atoms with van der Waals surface area (Å²) in [6, 6.07) is 7.10. The third-order valence-corrected chi connectivity index (χ3v) is 6.46. The lowest BCUT2D eigenvalue weighted by Crippen LogP contribution is -2.54. The molecule has 0 spiro atoms. The summed E-state index contributed by atoms with van der Waals surface area (Å²) < 4.78 is 26.9. The number of rotatable bonds is 3. The van der Waals surface area contributed by atoms with Gasteiger partial charge in [-0.15, -0.1) is 0 Å². The second-order valence-electron chi connectivity index (χ2n) is 6.34. The SMILES string of the molecule is CC(C)(C)N1CCN(S(=O)(=O)c2ccc(CBr)cc2)CC1. The van der Waals surface area contributed by atoms with Crippen molar-refractivity contribution in [2.75, 3.05) is 26.2 Å². The van der Waals surface area contributed by atoms with E-state index in [4.69, 9.17) is 0 Å². The highest BCUT2D eigenvalue weighted by molar-refractivity contribution is 9.08. The van der Waals surface area contributed by atoms with Crippen LogP contribution in [-0.2, 0) is 15.4 Å². The molecule has 4 nitrogen and oxygen atoms in total. The van der Waals surface area contributed by atoms with E-state index in [1.165, 1.54) is 0 Å². The lowest BCUT2D eigenvalue weighted by atomic mass is 10.1. The number of benzene rings is 1. The van der Waals surface area contributed by atoms with Crippen LogP contribution in [0.2, 0.25) is 0 Å². The normalized spacial score (nSPS) is 18.9. The molecule has 0 aliphatic carbocycles. The molecule has 0 aromatic heterocycles. The van der Waals surface area contributed by atoms with Crippen molar-refractivity contribution in [1.82, 2.24) is 9.21 Å². The van der Waals surface area contributed by atoms with Crippen LogP contribution in [0, 0.1) is 0 Å². The average molecular weight is 375 g/mol. The molecule has 0 N–H and O–H groups in total. The van der Waals surface area contributed by atoms with Crippen LogP contribution in [0.15, 0.2) is 29.2 Å². The van der Waals surface area contributed by atoms with Gasteiger partial charge in [0, 0.05) is 37.0 Å². The maximum Gasteiger partial charge on any atom is 0.243 e. The number of alkyl halides is 1. The fourth-order valence-corrected chi connectivity index (χ4v) is 4.29. The molecule has 2 rings (SSSR count). The van der Waals surface area contributed by atoms with E-state index in [1.807, 2.05) is 12.1 Å². The van der Waals surface area contributed by atoms with Crippen LogP contribution in [0.3, 0.4) is 0 Å². The first-order chi connectivity index (χ1) is 9.75. The smallest absolute Gasteiger partial charge is 0.243 e. The zero-order chi connectivity index (χ0) is 15.7. The number of piperazine rings is 1. The van der Waals surface area contributed by atoms with Gasteiger partial charge in [-0.25, -0.2) is 8.42 Å². The molecule has 0 bridgehead atoms. The Bertz CT molecular complexity index is 571. The van der Waals surface area contributed by atoms with Crippen molar-refractivity contribution in [2.45, 2.75) is 36.5 Å². The third kappa shape index (κ3) is 3.86. The van der Waals surface area contributed by atoms with Gasteiger partial charge in [-0.1, -0.05) is 28.1 Å². The fraction of sp³-hybridized carbons (Fsp3) is 0.600. The van der Waals surface area contributed by atoms with Crippen LogP contribution in [0.4, 0.5) is 0 Å². The van der Waals surface area contributed by atoms with Gasteiger partial charge in [0.2, 0.25) is 10.0 Å². The fourth-order valence-electron chi connectivity index (χ4n) is 2.50. The number of nitrogens with zero attached hydrogens (tertiary/aromatic N) is 2. The van der Waals surface area contributed by atoms with E-state index in [9.17, 15) is 8.42 Å². The number of halogens is 1. The molecule has 0 saturated carbocycles. The van der Waals surface area contributed by atoms with Crippen molar-refractivity contribution < 1.29 is 8.42 Å². The summed E-state index contributed by atoms with van der Waals surface area (Å²) in [6.45, 7) is 9.16. The topological polar surface area (TPSA) is 40.6 Å². The van der Waals surface area contributed by atoms with Gasteiger partial charge in [-0.05, 0) is 38.5 Å². The quantitative estimate of drug-likeness (QED) is 0.763. The van der Waals surface area contributed by atoms with Gasteiger partial charge >= 0.3 is 0 Å². The summed E-state index contributed by atoms with van der Waals surface area (Å²) in [5, 5.41) is 0.734. The molecule has 118 valence electrons. The summed E-state index contributed by atoms with van der Waals surface area (Å²) in [4.78, 5) is 2.71. The minimum absolute atomic E-state index is 0.0907. The zero-order valence-electron chi connectivity index (χ0n) is 12.8. The van der Waals surface area contributed by atoms with Crippen LogP contribution >= 0.6 is 15.9 Å². The summed E-state index contributed by atoms with van der Waals surface area (Å²) >= 11 is 3.37. The van der Waals surface area contributed by atoms with Gasteiger partial charge in [-0.3, -0.25) is 4.90 Å². The Morgan fingerprint density at radius 1 is 1.05 bits per heavy atom. The van der Waals surface area contributed by atoms with E-state index in [1.54, 1.807) is 16.4 Å². The molecule has 0 radical (unpaired) electrons. The summed E-state index contributed by atoms with van der Waals surface area (Å²) in [7, 11) is -3.36. The molecule has 0 unspecified atom stereocenters. The van der Waals surface area contributed by atoms with Crippen molar-refractivity contribution in [3.63, 3.8) is 0 Å². The number of hydrogen-bond donors (Lipinski definition) is 0. The molecule has 1 aromatic rings. The van der Waals surface area contributed by atoms with E-state index in [0.29, 0.717) is 18.0 Å². The van der Waals surface area contributed by atoms with E-state index in [2.05, 4.69) is 41.6 Å². The predicted molar refractivity (Wildman–Crippen MR) is 89.2 cm³/mol. The van der Waals surface area contributed by atoms with Crippen molar-refractivity contribution in [3.05, 3.63) is 29.8 Å². The first kappa shape index (κ1) is 16.9. The second-order valence-corrected chi connectivity index (χ2v) is 8.84. The van der Waals surface area contributed by atoms with Gasteiger partial charge in [-0.2, -0.15) is 4.31 Å². The molecule has 21 heavy (non-hydrogen) atoms. The van der Waals surface area contributed by atoms with Crippen LogP contribution in [0.25, 0.3) is 0 Å². The monoisotopic (exact) mass is 374 g/mol. The molecule has 1 aliphatic rings. The summed E-state index contributed by atoms with van der Waals surface area (Å²) in [5.74, 6) is 0. The highest BCUT2D eigenvalue weighted by Crippen LogP contribution is 2.22. The van der Waals surface area contributed by atoms with Crippen LogP contribution in [0.1, 0.15) is 26.3 Å². The molecule has 1 saturated heterocycles. The van der Waals surface area contributed by atoms with Crippen LogP contribution < -0.4 is 0 Å². The Balaban J connectivity index is 2.11. The van der Waals surface area contributed by atoms with Gasteiger partial charge in [0.05, 0.1) is 4.90 Å². The van der Waals surface area contributed by atoms with E-state index in [-0.39, 0.29) is 5.54 Å². The van der Waals surface area contributed by atoms with Gasteiger partial charge in [0.25, 0.3) is 0 Å². The molecule has 1 heterocycles. The lowest BCUT2D eigenvalue weighted by molar-refractivity contribution is 0.0922. The van der Waals surface area contributed by atoms with Crippen LogP contribution in [-0.4, -0.2) is 49.3 Å². The molecule has 6 heteroatoms. The molecule has 1 aromatic carbocycles. The summed E-state index contributed by atoms with van der Waals surface area (Å²) in [5.41, 5.74) is 1.17. The number of sulfonamides is 1. The Labute approximate surface area is 136 Å². The van der Waals surface area contributed by atoms with Crippen molar-refractivity contribution >= 4 is 26.0 Å². The van der Waals surface area contributed by atoms with Crippen molar-refractivity contribution in [1.29, 1.82) is 0 Å². The third-order valence-electron chi connectivity index (χ3n) is 3.90. The predicted octanol–water partition coefficient (Wildman–Crippen LogP) is 2.69. The minimum Gasteiger partial charge on any atom is -0.296 e. The van der Waals surface area contributed by atoms with Gasteiger partial charge in [0.1, 0.15) is 0 Å². The Morgan fingerprint density at radius 2 is 1.57 bits per heavy atom. The zero-order valence-corrected chi connectivity index (χ0v) is 15.2. The molecular formula is C15H23BrN2O2S. The average Bonchev–Trinajstić information content (AvgIpc) is 2.46. The van der Waals surface area contributed by atoms with Crippen molar-refractivity contribution in [3.8, 4) is 0 Å². The standard InChI is InChI=1S/C15H23BrN2O2S/c1-15(2,3)17-8-10-18(11-9-17)21(19,20)14-6-4-13(12-16)5-7-14/h4-7H,8-12H2,1-3H3.